The highest BCUT2D eigenvalue weighted by Crippen LogP contribution is 2.32. The Hall–Kier alpha value is -4.46. The van der Waals surface area contributed by atoms with Crippen LogP contribution in [0.25, 0.3) is 0 Å². The number of benzene rings is 3. The van der Waals surface area contributed by atoms with Crippen molar-refractivity contribution in [1.29, 1.82) is 5.26 Å². The molecule has 0 saturated carbocycles. The van der Waals surface area contributed by atoms with E-state index in [9.17, 15) is 14.0 Å². The van der Waals surface area contributed by atoms with Gasteiger partial charge in [0.05, 0.1) is 17.4 Å². The molecule has 5 rings (SSSR count). The van der Waals surface area contributed by atoms with Crippen LogP contribution in [0, 0.1) is 23.0 Å². The third kappa shape index (κ3) is 6.22. The number of hydrogen-bond acceptors (Lipinski definition) is 8. The summed E-state index contributed by atoms with van der Waals surface area (Å²) >= 11 is 6.36. The highest BCUT2D eigenvalue weighted by molar-refractivity contribution is 6.32. The van der Waals surface area contributed by atoms with Crippen LogP contribution in [0.3, 0.4) is 0 Å². The molecule has 1 aliphatic heterocycles. The summed E-state index contributed by atoms with van der Waals surface area (Å²) < 4.78 is 33.7. The zero-order chi connectivity index (χ0) is 28.1. The molecule has 3 aromatic carbocycles. The van der Waals surface area contributed by atoms with Crippen molar-refractivity contribution in [2.45, 2.75) is 6.61 Å². The van der Waals surface area contributed by atoms with Gasteiger partial charge in [0.15, 0.2) is 5.82 Å². The smallest absolute Gasteiger partial charge is 0.229 e. The van der Waals surface area contributed by atoms with E-state index in [0.717, 1.165) is 49.7 Å². The number of halogens is 3. The number of hydrogen-bond donors (Lipinski definition) is 2. The number of nitrogens with one attached hydrogen (secondary N) is 2. The first-order valence-electron chi connectivity index (χ1n) is 12.6. The Morgan fingerprint density at radius 2 is 1.68 bits per heavy atom. The summed E-state index contributed by atoms with van der Waals surface area (Å²) in [5.41, 5.74) is 2.22. The van der Waals surface area contributed by atoms with Crippen LogP contribution in [0.15, 0.2) is 66.9 Å². The van der Waals surface area contributed by atoms with Crippen LogP contribution in [0.2, 0.25) is 5.02 Å². The number of likely N-dealkylation sites (N-methyl/N-ethyl adjacent to an activating group) is 1. The zero-order valence-corrected chi connectivity index (χ0v) is 22.4. The lowest BCUT2D eigenvalue weighted by molar-refractivity contribution is 0.292. The molecule has 2 heterocycles. The van der Waals surface area contributed by atoms with E-state index in [4.69, 9.17) is 16.3 Å². The van der Waals surface area contributed by atoms with Crippen molar-refractivity contribution in [3.8, 4) is 11.8 Å². The van der Waals surface area contributed by atoms with E-state index >= 15 is 0 Å². The molecule has 1 fully saturated rings. The van der Waals surface area contributed by atoms with Crippen LogP contribution in [-0.4, -0.2) is 48.1 Å². The summed E-state index contributed by atoms with van der Waals surface area (Å²) in [5, 5.41) is 16.3. The first-order valence-corrected chi connectivity index (χ1v) is 13.0. The number of anilines is 5. The molecule has 40 heavy (non-hydrogen) atoms. The number of nitriles is 1. The molecule has 8 nitrogen and oxygen atoms in total. The van der Waals surface area contributed by atoms with Gasteiger partial charge >= 0.3 is 0 Å². The molecule has 0 bridgehead atoms. The third-order valence-electron chi connectivity index (χ3n) is 6.56. The van der Waals surface area contributed by atoms with E-state index in [1.807, 2.05) is 12.1 Å². The third-order valence-corrected chi connectivity index (χ3v) is 6.84. The molecule has 0 unspecified atom stereocenters. The number of ether oxygens (including phenoxy) is 1. The van der Waals surface area contributed by atoms with E-state index in [0.29, 0.717) is 11.6 Å². The Bertz CT molecular complexity index is 1520. The molecule has 4 aromatic rings. The number of piperazine rings is 1. The molecule has 1 aromatic heterocycles. The van der Waals surface area contributed by atoms with Crippen molar-refractivity contribution >= 4 is 40.4 Å². The molecular weight excluding hydrogens is 536 g/mol. The van der Waals surface area contributed by atoms with Crippen molar-refractivity contribution in [2.24, 2.45) is 0 Å². The predicted molar refractivity (Wildman–Crippen MR) is 152 cm³/mol. The van der Waals surface area contributed by atoms with E-state index < -0.39 is 11.6 Å². The summed E-state index contributed by atoms with van der Waals surface area (Å²) in [5.74, 6) is -0.731. The van der Waals surface area contributed by atoms with Gasteiger partial charge in [-0.3, -0.25) is 0 Å². The Morgan fingerprint density at radius 1 is 0.975 bits per heavy atom. The Labute approximate surface area is 235 Å². The fraction of sp³-hybridized carbons (Fsp3) is 0.207. The predicted octanol–water partition coefficient (Wildman–Crippen LogP) is 6.10. The minimum Gasteiger partial charge on any atom is -0.487 e. The van der Waals surface area contributed by atoms with Gasteiger partial charge in [-0.1, -0.05) is 23.7 Å². The monoisotopic (exact) mass is 561 g/mol. The SMILES string of the molecule is CN1CCN(c2ccc(Nc3ncc(Cl)c(Nc4cccc(OCc5c(F)cccc5F)c4C#N)n3)cc2)CC1. The molecule has 204 valence electrons. The van der Waals surface area contributed by atoms with Gasteiger partial charge in [0.2, 0.25) is 5.95 Å². The van der Waals surface area contributed by atoms with Crippen LogP contribution in [0.1, 0.15) is 11.1 Å². The zero-order valence-electron chi connectivity index (χ0n) is 21.7. The average Bonchev–Trinajstić information content (AvgIpc) is 2.95. The standard InChI is InChI=1S/C29H26ClF2N7O/c1-38-12-14-39(15-13-38)20-10-8-19(9-11-20)35-29-34-17-23(30)28(37-29)36-26-6-3-7-27(21(26)16-33)40-18-22-24(31)4-2-5-25(22)32/h2-11,17H,12-15,18H2,1H3,(H2,34,35,36,37). The Kier molecular flexibility index (Phi) is 8.24. The van der Waals surface area contributed by atoms with Gasteiger partial charge in [-0.2, -0.15) is 10.2 Å². The van der Waals surface area contributed by atoms with Crippen LogP contribution in [-0.2, 0) is 6.61 Å². The van der Waals surface area contributed by atoms with Gasteiger partial charge < -0.3 is 25.2 Å². The van der Waals surface area contributed by atoms with Crippen LogP contribution >= 0.6 is 11.6 Å². The number of aromatic nitrogens is 2. The molecule has 0 atom stereocenters. The first-order chi connectivity index (χ1) is 19.4. The van der Waals surface area contributed by atoms with E-state index in [2.05, 4.69) is 55.7 Å². The van der Waals surface area contributed by atoms with Crippen molar-refractivity contribution in [2.75, 3.05) is 48.8 Å². The topological polar surface area (TPSA) is 89.3 Å². The van der Waals surface area contributed by atoms with Crippen LogP contribution < -0.4 is 20.3 Å². The van der Waals surface area contributed by atoms with Crippen molar-refractivity contribution in [3.63, 3.8) is 0 Å². The summed E-state index contributed by atoms with van der Waals surface area (Å²) in [6.45, 7) is 3.64. The lowest BCUT2D eigenvalue weighted by Crippen LogP contribution is -2.44. The normalized spacial score (nSPS) is 13.5. The molecular formula is C29H26ClF2N7O. The largest absolute Gasteiger partial charge is 0.487 e. The fourth-order valence-corrected chi connectivity index (χ4v) is 4.42. The molecule has 1 aliphatic rings. The summed E-state index contributed by atoms with van der Waals surface area (Å²) in [4.78, 5) is 13.4. The van der Waals surface area contributed by atoms with Gasteiger partial charge in [0.1, 0.15) is 40.6 Å². The lowest BCUT2D eigenvalue weighted by atomic mass is 10.1. The molecule has 2 N–H and O–H groups in total. The lowest BCUT2D eigenvalue weighted by Gasteiger charge is -2.34. The molecule has 1 saturated heterocycles. The first kappa shape index (κ1) is 27.1. The van der Waals surface area contributed by atoms with Gasteiger partial charge in [-0.25, -0.2) is 13.8 Å². The maximum atomic E-state index is 14.0. The second-order valence-electron chi connectivity index (χ2n) is 9.26. The molecule has 0 amide bonds. The van der Waals surface area contributed by atoms with Crippen molar-refractivity contribution in [1.82, 2.24) is 14.9 Å². The highest BCUT2D eigenvalue weighted by Gasteiger charge is 2.16. The Morgan fingerprint density at radius 3 is 2.38 bits per heavy atom. The van der Waals surface area contributed by atoms with E-state index in [1.165, 1.54) is 12.3 Å². The summed E-state index contributed by atoms with van der Waals surface area (Å²) in [6.07, 6.45) is 1.45. The minimum absolute atomic E-state index is 0.128. The second-order valence-corrected chi connectivity index (χ2v) is 9.66. The van der Waals surface area contributed by atoms with Gasteiger partial charge in [0.25, 0.3) is 0 Å². The quantitative estimate of drug-likeness (QED) is 0.267. The van der Waals surface area contributed by atoms with Crippen LogP contribution in [0.5, 0.6) is 5.75 Å². The molecule has 11 heteroatoms. The molecule has 0 spiro atoms. The van der Waals surface area contributed by atoms with E-state index in [1.54, 1.807) is 18.2 Å². The Balaban J connectivity index is 1.30. The van der Waals surface area contributed by atoms with Crippen molar-refractivity contribution in [3.05, 3.63) is 94.6 Å². The minimum atomic E-state index is -0.727. The van der Waals surface area contributed by atoms with Crippen molar-refractivity contribution < 1.29 is 13.5 Å². The van der Waals surface area contributed by atoms with Gasteiger partial charge in [0, 0.05) is 37.6 Å². The van der Waals surface area contributed by atoms with Gasteiger partial charge in [-0.15, -0.1) is 0 Å². The molecule has 0 radical (unpaired) electrons. The maximum absolute atomic E-state index is 14.0. The number of rotatable bonds is 8. The average molecular weight is 562 g/mol. The maximum Gasteiger partial charge on any atom is 0.229 e. The second kappa shape index (κ2) is 12.2. The van der Waals surface area contributed by atoms with Crippen LogP contribution in [0.4, 0.5) is 37.6 Å². The van der Waals surface area contributed by atoms with E-state index in [-0.39, 0.29) is 34.3 Å². The van der Waals surface area contributed by atoms with Gasteiger partial charge in [-0.05, 0) is 55.6 Å². The molecule has 0 aliphatic carbocycles. The fourth-order valence-electron chi connectivity index (χ4n) is 4.28. The number of nitrogens with zero attached hydrogens (tertiary/aromatic N) is 5. The summed E-state index contributed by atoms with van der Waals surface area (Å²) in [6, 6.07) is 18.5. The highest BCUT2D eigenvalue weighted by atomic mass is 35.5. The summed E-state index contributed by atoms with van der Waals surface area (Å²) in [7, 11) is 2.13.